The minimum atomic E-state index is -0.0853. The molecule has 4 fully saturated rings. The van der Waals surface area contributed by atoms with Gasteiger partial charge in [0.15, 0.2) is 0 Å². The second kappa shape index (κ2) is 24.8. The van der Waals surface area contributed by atoms with Crippen LogP contribution in [0.25, 0.3) is 0 Å². The summed E-state index contributed by atoms with van der Waals surface area (Å²) in [7, 11) is 0. The molecular weight excluding hydrogens is 727 g/mol. The zero-order valence-electron chi connectivity index (χ0n) is 37.9. The summed E-state index contributed by atoms with van der Waals surface area (Å²) in [6.45, 7) is 21.5. The topological polar surface area (TPSA) is 146 Å². The van der Waals surface area contributed by atoms with Crippen molar-refractivity contribution in [3.8, 4) is 0 Å². The molecule has 0 aliphatic heterocycles. The van der Waals surface area contributed by atoms with Crippen molar-refractivity contribution in [2.75, 3.05) is 65.6 Å². The Balaban J connectivity index is 1.52. The van der Waals surface area contributed by atoms with Crippen LogP contribution in [0.15, 0.2) is 12.7 Å². The van der Waals surface area contributed by atoms with E-state index in [1.807, 2.05) is 0 Å². The lowest BCUT2D eigenvalue weighted by atomic mass is 9.43. The molecule has 4 rings (SSSR count). The number of carbonyl (C=O) groups is 2. The van der Waals surface area contributed by atoms with Gasteiger partial charge in [-0.15, -0.1) is 6.58 Å². The number of unbranched alkanes of at least 4 members (excludes halogenated alkanes) is 5. The molecule has 6 N–H and O–H groups in total. The zero-order valence-corrected chi connectivity index (χ0v) is 37.9. The first-order valence-electron chi connectivity index (χ1n) is 24.1. The second-order valence-electron chi connectivity index (χ2n) is 19.4. The Hall–Kier alpha value is -1.56. The van der Waals surface area contributed by atoms with Gasteiger partial charge in [0.1, 0.15) is 6.54 Å². The molecule has 0 aromatic heterocycles. The van der Waals surface area contributed by atoms with Crippen molar-refractivity contribution in [1.29, 1.82) is 0 Å². The summed E-state index contributed by atoms with van der Waals surface area (Å²) in [4.78, 5) is 29.7. The Morgan fingerprint density at radius 1 is 0.793 bits per heavy atom. The van der Waals surface area contributed by atoms with Crippen LogP contribution in [0.1, 0.15) is 150 Å². The lowest BCUT2D eigenvalue weighted by Crippen LogP contribution is -2.63. The molecule has 0 radical (unpaired) electrons. The average Bonchev–Trinajstić information content (AvgIpc) is 3.56. The summed E-state index contributed by atoms with van der Waals surface area (Å²) in [5.74, 6) is 3.16. The largest absolute Gasteiger partial charge is 0.378 e. The summed E-state index contributed by atoms with van der Waals surface area (Å²) in [6, 6.07) is 0. The number of nitrogens with two attached hydrogens (primary N) is 3. The molecule has 4 aliphatic rings. The minimum Gasteiger partial charge on any atom is -0.378 e. The first-order valence-corrected chi connectivity index (χ1v) is 24.1. The molecule has 0 heterocycles. The van der Waals surface area contributed by atoms with Crippen LogP contribution < -0.4 is 17.2 Å². The Bertz CT molecular complexity index is 1220. The van der Waals surface area contributed by atoms with Crippen molar-refractivity contribution in [2.24, 2.45) is 63.5 Å². The highest BCUT2D eigenvalue weighted by atomic mass is 16.5. The van der Waals surface area contributed by atoms with E-state index in [2.05, 4.69) is 39.2 Å². The molecule has 58 heavy (non-hydrogen) atoms. The standard InChI is InChI=1S/C48H89N5O5/c1-7-9-10-11-12-13-27-52(45(55)35-53(26-8-2)37(4)54)28-14-18-36(3)40-19-20-41-46-42(34-44(48(40,41)6)58-31-17-25-51)47(5)22-21-39(56-29-15-23-49)32-38(47)33-43(46)57-30-16-24-50/h8,36,38-44,46H,2,7,9-35,49-51H2,1,3-6H3/t36-,38?,39-,40-,41+,42+,43-,44+,46?,47+,48-/m1/s1. The predicted molar refractivity (Wildman–Crippen MR) is 237 cm³/mol. The summed E-state index contributed by atoms with van der Waals surface area (Å²) in [5.41, 5.74) is 18.1. The van der Waals surface area contributed by atoms with Crippen molar-refractivity contribution < 1.29 is 23.8 Å². The Labute approximate surface area is 354 Å². The van der Waals surface area contributed by atoms with E-state index in [0.29, 0.717) is 74.4 Å². The molecule has 0 saturated heterocycles. The Kier molecular flexibility index (Phi) is 21.0. The summed E-state index contributed by atoms with van der Waals surface area (Å²) in [6.07, 6.45) is 22.3. The SMILES string of the molecule is C=CCN(CC(=O)N(CCCCCCCC)CCC[C@@H](C)[C@H]1CC[C@H]2C3[C@H](OCCCN)CC4C[C@H](OCCCN)CC[C@]4(C)[C@H]3C[C@H](OCCCN)[C@]12C)C(C)=O. The van der Waals surface area contributed by atoms with Crippen LogP contribution in [0.3, 0.4) is 0 Å². The van der Waals surface area contributed by atoms with E-state index in [9.17, 15) is 9.59 Å². The van der Waals surface area contributed by atoms with E-state index in [4.69, 9.17) is 31.4 Å². The molecule has 0 aromatic carbocycles. The van der Waals surface area contributed by atoms with Gasteiger partial charge in [-0.25, -0.2) is 0 Å². The molecule has 11 atom stereocenters. The van der Waals surface area contributed by atoms with Crippen LogP contribution in [0, 0.1) is 46.3 Å². The van der Waals surface area contributed by atoms with Gasteiger partial charge < -0.3 is 41.2 Å². The molecule has 0 aromatic rings. The summed E-state index contributed by atoms with van der Waals surface area (Å²) in [5, 5.41) is 0. The number of hydrogen-bond acceptors (Lipinski definition) is 8. The van der Waals surface area contributed by atoms with Gasteiger partial charge in [0.05, 0.1) is 18.3 Å². The van der Waals surface area contributed by atoms with Gasteiger partial charge in [-0.2, -0.15) is 0 Å². The molecule has 4 aliphatic carbocycles. The van der Waals surface area contributed by atoms with Gasteiger partial charge in [0, 0.05) is 51.8 Å². The van der Waals surface area contributed by atoms with Crippen LogP contribution >= 0.6 is 0 Å². The Morgan fingerprint density at radius 3 is 2.12 bits per heavy atom. The molecule has 2 unspecified atom stereocenters. The summed E-state index contributed by atoms with van der Waals surface area (Å²) >= 11 is 0. The van der Waals surface area contributed by atoms with E-state index in [0.717, 1.165) is 96.9 Å². The van der Waals surface area contributed by atoms with Gasteiger partial charge in [-0.3, -0.25) is 9.59 Å². The number of nitrogens with zero attached hydrogens (tertiary/aromatic N) is 2. The van der Waals surface area contributed by atoms with Crippen LogP contribution in [-0.4, -0.2) is 106 Å². The second-order valence-corrected chi connectivity index (χ2v) is 19.4. The minimum absolute atomic E-state index is 0.0388. The van der Waals surface area contributed by atoms with E-state index < -0.39 is 0 Å². The number of carbonyl (C=O) groups excluding carboxylic acids is 2. The molecule has 4 saturated carbocycles. The lowest BCUT2D eigenvalue weighted by molar-refractivity contribution is -0.227. The van der Waals surface area contributed by atoms with Crippen LogP contribution in [-0.2, 0) is 23.8 Å². The maximum absolute atomic E-state index is 13.7. The molecule has 0 bridgehead atoms. The van der Waals surface area contributed by atoms with Gasteiger partial charge in [0.2, 0.25) is 11.8 Å². The van der Waals surface area contributed by atoms with Crippen LogP contribution in [0.2, 0.25) is 0 Å². The molecule has 336 valence electrons. The van der Waals surface area contributed by atoms with E-state index in [1.54, 1.807) is 17.9 Å². The monoisotopic (exact) mass is 816 g/mol. The highest BCUT2D eigenvalue weighted by Gasteiger charge is 2.66. The quantitative estimate of drug-likeness (QED) is 0.0538. The lowest BCUT2D eigenvalue weighted by Gasteiger charge is -2.65. The maximum atomic E-state index is 13.7. The molecular formula is C48H89N5O5. The normalized spacial score (nSPS) is 32.2. The van der Waals surface area contributed by atoms with Gasteiger partial charge in [0.25, 0.3) is 0 Å². The number of rotatable bonds is 28. The number of hydrogen-bond donors (Lipinski definition) is 3. The van der Waals surface area contributed by atoms with Crippen molar-refractivity contribution in [3.63, 3.8) is 0 Å². The first-order chi connectivity index (χ1) is 28.0. The third-order valence-electron chi connectivity index (χ3n) is 15.8. The highest BCUT2D eigenvalue weighted by Crippen LogP contribution is 2.69. The predicted octanol–water partition coefficient (Wildman–Crippen LogP) is 7.71. The smallest absolute Gasteiger partial charge is 0.242 e. The van der Waals surface area contributed by atoms with Crippen LogP contribution in [0.5, 0.6) is 0 Å². The summed E-state index contributed by atoms with van der Waals surface area (Å²) < 4.78 is 20.5. The maximum Gasteiger partial charge on any atom is 0.242 e. The number of amides is 2. The van der Waals surface area contributed by atoms with Crippen molar-refractivity contribution in [2.45, 2.75) is 169 Å². The third-order valence-corrected chi connectivity index (χ3v) is 15.8. The average molecular weight is 816 g/mol. The van der Waals surface area contributed by atoms with E-state index in [-0.39, 0.29) is 41.4 Å². The zero-order chi connectivity index (χ0) is 42.1. The fourth-order valence-corrected chi connectivity index (χ4v) is 12.6. The Morgan fingerprint density at radius 2 is 1.45 bits per heavy atom. The fourth-order valence-electron chi connectivity index (χ4n) is 12.6. The van der Waals surface area contributed by atoms with Crippen molar-refractivity contribution >= 4 is 11.8 Å². The number of fused-ring (bicyclic) bond motifs is 5. The van der Waals surface area contributed by atoms with Gasteiger partial charge in [-0.05, 0) is 144 Å². The van der Waals surface area contributed by atoms with E-state index in [1.165, 1.54) is 44.9 Å². The van der Waals surface area contributed by atoms with Gasteiger partial charge in [-0.1, -0.05) is 65.9 Å². The third kappa shape index (κ3) is 12.5. The van der Waals surface area contributed by atoms with Crippen molar-refractivity contribution in [1.82, 2.24) is 9.80 Å². The fraction of sp³-hybridized carbons (Fsp3) is 0.917. The van der Waals surface area contributed by atoms with E-state index >= 15 is 0 Å². The first kappa shape index (κ1) is 49.1. The highest BCUT2D eigenvalue weighted by molar-refractivity contribution is 5.84. The molecule has 10 heteroatoms. The van der Waals surface area contributed by atoms with Crippen LogP contribution in [0.4, 0.5) is 0 Å². The molecule has 0 spiro atoms. The van der Waals surface area contributed by atoms with Gasteiger partial charge >= 0.3 is 0 Å². The molecule has 10 nitrogen and oxygen atoms in total. The molecule has 2 amide bonds. The van der Waals surface area contributed by atoms with Crippen molar-refractivity contribution in [3.05, 3.63) is 12.7 Å². The number of ether oxygens (including phenoxy) is 3.